The SMILES string of the molecule is BC1CCCCC2C(=O)N(C(C)C)CCC2C(C)(CC)C1. The molecule has 21 heavy (non-hydrogen) atoms. The van der Waals surface area contributed by atoms with Crippen LogP contribution in [0.15, 0.2) is 0 Å². The summed E-state index contributed by atoms with van der Waals surface area (Å²) in [4.78, 5) is 15.1. The molecule has 4 unspecified atom stereocenters. The van der Waals surface area contributed by atoms with Crippen LogP contribution in [0.2, 0.25) is 5.82 Å². The van der Waals surface area contributed by atoms with Gasteiger partial charge < -0.3 is 4.90 Å². The first-order valence-corrected chi connectivity index (χ1v) is 9.19. The predicted molar refractivity (Wildman–Crippen MR) is 92.2 cm³/mol. The molecule has 0 aromatic rings. The van der Waals surface area contributed by atoms with Crippen molar-refractivity contribution in [3.8, 4) is 0 Å². The zero-order valence-electron chi connectivity index (χ0n) is 14.8. The predicted octanol–water partition coefficient (Wildman–Crippen LogP) is 3.66. The number of hydrogen-bond donors (Lipinski definition) is 0. The maximum atomic E-state index is 13.0. The van der Waals surface area contributed by atoms with E-state index in [0.29, 0.717) is 23.3 Å². The van der Waals surface area contributed by atoms with Crippen LogP contribution in [-0.4, -0.2) is 31.2 Å². The molecule has 2 fully saturated rings. The minimum absolute atomic E-state index is 0.288. The molecule has 1 amide bonds. The fourth-order valence-electron chi connectivity index (χ4n) is 4.96. The highest BCUT2D eigenvalue weighted by Gasteiger charge is 2.46. The highest BCUT2D eigenvalue weighted by atomic mass is 16.2. The maximum absolute atomic E-state index is 13.0. The molecular weight excluding hydrogens is 257 g/mol. The molecule has 1 heterocycles. The van der Waals surface area contributed by atoms with E-state index in [2.05, 4.69) is 40.4 Å². The highest BCUT2D eigenvalue weighted by Crippen LogP contribution is 2.49. The summed E-state index contributed by atoms with van der Waals surface area (Å²) in [5.41, 5.74) is 0.354. The Morgan fingerprint density at radius 1 is 1.29 bits per heavy atom. The Labute approximate surface area is 132 Å². The van der Waals surface area contributed by atoms with Gasteiger partial charge in [-0.15, -0.1) is 0 Å². The first-order chi connectivity index (χ1) is 9.89. The molecule has 0 N–H and O–H groups in total. The minimum atomic E-state index is 0.288. The van der Waals surface area contributed by atoms with Gasteiger partial charge in [-0.05, 0) is 38.0 Å². The van der Waals surface area contributed by atoms with Crippen molar-refractivity contribution in [2.24, 2.45) is 17.3 Å². The number of nitrogens with zero attached hydrogens (tertiary/aromatic N) is 1. The molecule has 2 nitrogen and oxygen atoms in total. The van der Waals surface area contributed by atoms with Gasteiger partial charge in [0.1, 0.15) is 7.85 Å². The van der Waals surface area contributed by atoms with Crippen LogP contribution < -0.4 is 0 Å². The molecule has 1 aliphatic heterocycles. The molecule has 2 rings (SSSR count). The smallest absolute Gasteiger partial charge is 0.226 e. The summed E-state index contributed by atoms with van der Waals surface area (Å²) in [6.07, 6.45) is 8.74. The normalized spacial score (nSPS) is 38.6. The highest BCUT2D eigenvalue weighted by molar-refractivity contribution is 6.11. The van der Waals surface area contributed by atoms with Gasteiger partial charge in [-0.3, -0.25) is 4.79 Å². The van der Waals surface area contributed by atoms with E-state index < -0.39 is 0 Å². The molecule has 3 heteroatoms. The van der Waals surface area contributed by atoms with Crippen molar-refractivity contribution < 1.29 is 4.79 Å². The number of fused-ring (bicyclic) bond motifs is 1. The summed E-state index contributed by atoms with van der Waals surface area (Å²) in [6, 6.07) is 0.359. The Morgan fingerprint density at radius 3 is 2.57 bits per heavy atom. The third-order valence-corrected chi connectivity index (χ3v) is 6.37. The molecule has 0 aromatic heterocycles. The second-order valence-electron chi connectivity index (χ2n) is 8.23. The topological polar surface area (TPSA) is 20.3 Å². The Hall–Kier alpha value is -0.465. The van der Waals surface area contributed by atoms with Crippen molar-refractivity contribution in [2.45, 2.75) is 84.5 Å². The van der Waals surface area contributed by atoms with Gasteiger partial charge in [0.2, 0.25) is 5.91 Å². The van der Waals surface area contributed by atoms with Crippen LogP contribution in [0, 0.1) is 17.3 Å². The lowest BCUT2D eigenvalue weighted by Gasteiger charge is -2.48. The quantitative estimate of drug-likeness (QED) is 0.711. The van der Waals surface area contributed by atoms with Gasteiger partial charge in [-0.1, -0.05) is 51.8 Å². The second-order valence-corrected chi connectivity index (χ2v) is 8.23. The first kappa shape index (κ1) is 16.9. The van der Waals surface area contributed by atoms with Crippen LogP contribution in [0.1, 0.15) is 72.6 Å². The van der Waals surface area contributed by atoms with Crippen LogP contribution in [0.5, 0.6) is 0 Å². The monoisotopic (exact) mass is 291 g/mol. The van der Waals surface area contributed by atoms with Crippen molar-refractivity contribution in [2.75, 3.05) is 6.54 Å². The number of amides is 1. The van der Waals surface area contributed by atoms with Gasteiger partial charge in [0.05, 0.1) is 0 Å². The molecule has 0 aromatic carbocycles. The third-order valence-electron chi connectivity index (χ3n) is 6.37. The van der Waals surface area contributed by atoms with Crippen LogP contribution in [0.25, 0.3) is 0 Å². The van der Waals surface area contributed by atoms with E-state index in [9.17, 15) is 4.79 Å². The van der Waals surface area contributed by atoms with Gasteiger partial charge in [0.25, 0.3) is 0 Å². The van der Waals surface area contributed by atoms with E-state index in [1.54, 1.807) is 0 Å². The van der Waals surface area contributed by atoms with Gasteiger partial charge in [0.15, 0.2) is 0 Å². The summed E-state index contributed by atoms with van der Waals surface area (Å²) < 4.78 is 0. The Morgan fingerprint density at radius 2 is 1.95 bits per heavy atom. The molecule has 0 bridgehead atoms. The molecule has 0 spiro atoms. The Bertz CT molecular complexity index is 370. The van der Waals surface area contributed by atoms with Crippen molar-refractivity contribution in [3.63, 3.8) is 0 Å². The zero-order valence-corrected chi connectivity index (χ0v) is 14.8. The largest absolute Gasteiger partial charge is 0.340 e. The van der Waals surface area contributed by atoms with E-state index in [4.69, 9.17) is 0 Å². The average Bonchev–Trinajstić information content (AvgIpc) is 2.49. The fraction of sp³-hybridized carbons (Fsp3) is 0.944. The number of hydrogen-bond acceptors (Lipinski definition) is 1. The average molecular weight is 291 g/mol. The molecule has 1 saturated carbocycles. The molecule has 2 aliphatic rings. The first-order valence-electron chi connectivity index (χ1n) is 9.19. The number of carbonyl (C=O) groups is 1. The lowest BCUT2D eigenvalue weighted by molar-refractivity contribution is -0.147. The lowest BCUT2D eigenvalue weighted by atomic mass is 9.59. The molecule has 1 saturated heterocycles. The minimum Gasteiger partial charge on any atom is -0.340 e. The van der Waals surface area contributed by atoms with E-state index >= 15 is 0 Å². The summed E-state index contributed by atoms with van der Waals surface area (Å²) in [5.74, 6) is 2.16. The maximum Gasteiger partial charge on any atom is 0.226 e. The zero-order chi connectivity index (χ0) is 15.6. The Balaban J connectivity index is 2.27. The summed E-state index contributed by atoms with van der Waals surface area (Å²) in [6.45, 7) is 10.1. The second kappa shape index (κ2) is 6.75. The number of carbonyl (C=O) groups excluding carboxylic acids is 1. The van der Waals surface area contributed by atoms with Crippen LogP contribution in [0.3, 0.4) is 0 Å². The summed E-state index contributed by atoms with van der Waals surface area (Å²) in [5, 5.41) is 0. The molecule has 0 radical (unpaired) electrons. The Kier molecular flexibility index (Phi) is 5.43. The van der Waals surface area contributed by atoms with Gasteiger partial charge >= 0.3 is 0 Å². The summed E-state index contributed by atoms with van der Waals surface area (Å²) >= 11 is 0. The van der Waals surface area contributed by atoms with Crippen molar-refractivity contribution in [3.05, 3.63) is 0 Å². The van der Waals surface area contributed by atoms with Gasteiger partial charge in [0, 0.05) is 18.5 Å². The lowest BCUT2D eigenvalue weighted by Crippen LogP contribution is -2.52. The van der Waals surface area contributed by atoms with Crippen LogP contribution in [-0.2, 0) is 4.79 Å². The van der Waals surface area contributed by atoms with E-state index in [-0.39, 0.29) is 5.92 Å². The van der Waals surface area contributed by atoms with Gasteiger partial charge in [-0.25, -0.2) is 0 Å². The van der Waals surface area contributed by atoms with Crippen LogP contribution >= 0.6 is 0 Å². The molecular formula is C18H34BNO. The van der Waals surface area contributed by atoms with Crippen molar-refractivity contribution in [1.29, 1.82) is 0 Å². The van der Waals surface area contributed by atoms with Crippen LogP contribution in [0.4, 0.5) is 0 Å². The van der Waals surface area contributed by atoms with E-state index in [1.165, 1.54) is 38.5 Å². The molecule has 4 atom stereocenters. The standard InChI is InChI=1S/C18H34BNO/c1-5-18(4)12-14(19)8-6-7-9-15-16(18)10-11-20(13(2)3)17(15)21/h13-16H,5-12,19H2,1-4H3. The van der Waals surface area contributed by atoms with Crippen molar-refractivity contribution in [1.82, 2.24) is 4.90 Å². The van der Waals surface area contributed by atoms with E-state index in [1.807, 2.05) is 0 Å². The van der Waals surface area contributed by atoms with Crippen molar-refractivity contribution >= 4 is 13.8 Å². The third kappa shape index (κ3) is 3.48. The fourth-order valence-corrected chi connectivity index (χ4v) is 4.96. The van der Waals surface area contributed by atoms with Gasteiger partial charge in [-0.2, -0.15) is 0 Å². The number of piperidine rings is 1. The van der Waals surface area contributed by atoms with E-state index in [0.717, 1.165) is 18.8 Å². The molecule has 1 aliphatic carbocycles. The summed E-state index contributed by atoms with van der Waals surface area (Å²) in [7, 11) is 2.42. The number of rotatable bonds is 2. The number of likely N-dealkylation sites (tertiary alicyclic amines) is 1. The molecule has 120 valence electrons.